The zero-order chi connectivity index (χ0) is 14.6. The fourth-order valence-corrected chi connectivity index (χ4v) is 1.14. The Morgan fingerprint density at radius 1 is 1.22 bits per heavy atom. The maximum atomic E-state index is 10.3. The van der Waals surface area contributed by atoms with E-state index in [1.54, 1.807) is 12.1 Å². The molecule has 0 N–H and O–H groups in total. The first-order chi connectivity index (χ1) is 8.54. The Labute approximate surface area is 117 Å². The van der Waals surface area contributed by atoms with E-state index in [1.807, 2.05) is 26.8 Å². The molecule has 0 bridgehead atoms. The number of hydrogen-bond donors (Lipinski definition) is 0. The Balaban J connectivity index is 0. The summed E-state index contributed by atoms with van der Waals surface area (Å²) in [6.45, 7) is 12.5. The summed E-state index contributed by atoms with van der Waals surface area (Å²) >= 11 is 5.64. The normalized spacial score (nSPS) is 8.89. The number of hydrogen-bond acceptors (Lipinski definition) is 2. The van der Waals surface area contributed by atoms with Crippen molar-refractivity contribution in [2.75, 3.05) is 20.1 Å². The second-order valence-corrected chi connectivity index (χ2v) is 4.04. The molecule has 0 heterocycles. The summed E-state index contributed by atoms with van der Waals surface area (Å²) in [5.74, 6) is 0. The van der Waals surface area contributed by atoms with Gasteiger partial charge in [0.25, 0.3) is 0 Å². The topological polar surface area (TPSA) is 20.3 Å². The summed E-state index contributed by atoms with van der Waals surface area (Å²) in [7, 11) is 2.11. The van der Waals surface area contributed by atoms with E-state index in [-0.39, 0.29) is 0 Å². The van der Waals surface area contributed by atoms with Crippen LogP contribution in [0.1, 0.15) is 43.6 Å². The largest absolute Gasteiger partial charge is 0.307 e. The predicted molar refractivity (Wildman–Crippen MR) is 81.8 cm³/mol. The summed E-state index contributed by atoms with van der Waals surface area (Å²) in [6.07, 6.45) is 0.807. The third kappa shape index (κ3) is 9.20. The van der Waals surface area contributed by atoms with Crippen LogP contribution in [0.5, 0.6) is 0 Å². The number of halogens is 1. The molecule has 0 aromatic heterocycles. The van der Waals surface area contributed by atoms with E-state index in [9.17, 15) is 4.79 Å². The molecule has 0 aliphatic heterocycles. The first-order valence-corrected chi connectivity index (χ1v) is 6.82. The van der Waals surface area contributed by atoms with Crippen molar-refractivity contribution in [3.05, 3.63) is 34.3 Å². The molecule has 104 valence electrons. The minimum atomic E-state index is 0.604. The molecule has 1 rings (SSSR count). The lowest BCUT2D eigenvalue weighted by Gasteiger charge is -2.07. The van der Waals surface area contributed by atoms with Gasteiger partial charge in [-0.3, -0.25) is 4.79 Å². The van der Waals surface area contributed by atoms with Crippen LogP contribution in [0.15, 0.2) is 18.2 Å². The second kappa shape index (κ2) is 12.6. The van der Waals surface area contributed by atoms with Crippen LogP contribution in [0.3, 0.4) is 0 Å². The van der Waals surface area contributed by atoms with Crippen LogP contribution < -0.4 is 0 Å². The molecule has 0 radical (unpaired) electrons. The third-order valence-electron chi connectivity index (χ3n) is 2.45. The minimum absolute atomic E-state index is 0.604. The summed E-state index contributed by atoms with van der Waals surface area (Å²) in [4.78, 5) is 12.6. The van der Waals surface area contributed by atoms with Crippen LogP contribution in [0.2, 0.25) is 5.02 Å². The molecule has 0 unspecified atom stereocenters. The lowest BCUT2D eigenvalue weighted by atomic mass is 10.1. The molecule has 2 nitrogen and oxygen atoms in total. The monoisotopic (exact) mass is 271 g/mol. The van der Waals surface area contributed by atoms with Gasteiger partial charge in [0, 0.05) is 10.6 Å². The maximum absolute atomic E-state index is 10.3. The van der Waals surface area contributed by atoms with Gasteiger partial charge in [-0.1, -0.05) is 45.4 Å². The standard InChI is InChI=1S/C8H7ClO.C5H13N.C2H6/c1-6-2-3-8(9)4-7(6)5-10;1-4-6(3)5-2;1-2/h2-5H,1H3;4-5H2,1-3H3;1-2H3. The number of rotatable bonds is 3. The van der Waals surface area contributed by atoms with E-state index >= 15 is 0 Å². The first kappa shape index (κ1) is 19.5. The van der Waals surface area contributed by atoms with Crippen LogP contribution in [0.25, 0.3) is 0 Å². The van der Waals surface area contributed by atoms with Gasteiger partial charge in [0.2, 0.25) is 0 Å². The Bertz CT molecular complexity index is 322. The van der Waals surface area contributed by atoms with Crippen molar-refractivity contribution >= 4 is 17.9 Å². The number of aldehydes is 1. The fourth-order valence-electron chi connectivity index (χ4n) is 0.962. The molecule has 1 aromatic carbocycles. The van der Waals surface area contributed by atoms with E-state index < -0.39 is 0 Å². The third-order valence-corrected chi connectivity index (χ3v) is 2.68. The van der Waals surface area contributed by atoms with Crippen molar-refractivity contribution in [2.45, 2.75) is 34.6 Å². The summed E-state index contributed by atoms with van der Waals surface area (Å²) < 4.78 is 0. The summed E-state index contributed by atoms with van der Waals surface area (Å²) in [5, 5.41) is 0.604. The molecule has 0 aliphatic rings. The number of carbonyl (C=O) groups is 1. The van der Waals surface area contributed by atoms with Gasteiger partial charge in [-0.25, -0.2) is 0 Å². The lowest BCUT2D eigenvalue weighted by molar-refractivity contribution is 0.112. The molecule has 0 atom stereocenters. The van der Waals surface area contributed by atoms with E-state index in [1.165, 1.54) is 0 Å². The lowest BCUT2D eigenvalue weighted by Crippen LogP contribution is -2.15. The van der Waals surface area contributed by atoms with Crippen molar-refractivity contribution < 1.29 is 4.79 Å². The Morgan fingerprint density at radius 2 is 1.72 bits per heavy atom. The van der Waals surface area contributed by atoms with Gasteiger partial charge in [0.1, 0.15) is 6.29 Å². The fraction of sp³-hybridized carbons (Fsp3) is 0.533. The first-order valence-electron chi connectivity index (χ1n) is 6.45. The highest BCUT2D eigenvalue weighted by atomic mass is 35.5. The molecular formula is C15H26ClNO. The Hall–Kier alpha value is -0.860. The van der Waals surface area contributed by atoms with Gasteiger partial charge in [0.15, 0.2) is 0 Å². The van der Waals surface area contributed by atoms with Crippen molar-refractivity contribution in [1.82, 2.24) is 4.90 Å². The van der Waals surface area contributed by atoms with Gasteiger partial charge in [-0.05, 0) is 44.8 Å². The van der Waals surface area contributed by atoms with E-state index in [2.05, 4.69) is 25.8 Å². The van der Waals surface area contributed by atoms with Crippen molar-refractivity contribution in [1.29, 1.82) is 0 Å². The van der Waals surface area contributed by atoms with Gasteiger partial charge in [-0.2, -0.15) is 0 Å². The van der Waals surface area contributed by atoms with Crippen LogP contribution in [0.4, 0.5) is 0 Å². The van der Waals surface area contributed by atoms with Crippen molar-refractivity contribution in [3.63, 3.8) is 0 Å². The number of benzene rings is 1. The zero-order valence-corrected chi connectivity index (χ0v) is 13.2. The average Bonchev–Trinajstić information content (AvgIpc) is 2.43. The molecule has 0 saturated carbocycles. The van der Waals surface area contributed by atoms with Crippen molar-refractivity contribution in [2.24, 2.45) is 0 Å². The molecule has 18 heavy (non-hydrogen) atoms. The van der Waals surface area contributed by atoms with Crippen LogP contribution >= 0.6 is 11.6 Å². The average molecular weight is 272 g/mol. The molecule has 0 saturated heterocycles. The van der Waals surface area contributed by atoms with Crippen LogP contribution in [0, 0.1) is 6.92 Å². The number of nitrogens with zero attached hydrogens (tertiary/aromatic N) is 1. The van der Waals surface area contributed by atoms with Crippen molar-refractivity contribution in [3.8, 4) is 0 Å². The van der Waals surface area contributed by atoms with Gasteiger partial charge >= 0.3 is 0 Å². The molecule has 3 heteroatoms. The zero-order valence-electron chi connectivity index (χ0n) is 12.5. The van der Waals surface area contributed by atoms with Gasteiger partial charge < -0.3 is 4.90 Å². The highest BCUT2D eigenvalue weighted by molar-refractivity contribution is 6.30. The molecular weight excluding hydrogens is 246 g/mol. The highest BCUT2D eigenvalue weighted by Crippen LogP contribution is 2.12. The quantitative estimate of drug-likeness (QED) is 0.757. The molecule has 1 aromatic rings. The number of aryl methyl sites for hydroxylation is 1. The van der Waals surface area contributed by atoms with E-state index in [0.29, 0.717) is 10.6 Å². The smallest absolute Gasteiger partial charge is 0.150 e. The Kier molecular flexibility index (Phi) is 13.6. The SMILES string of the molecule is CC.CCN(C)CC.Cc1ccc(Cl)cc1C=O. The minimum Gasteiger partial charge on any atom is -0.307 e. The number of carbonyl (C=O) groups excluding carboxylic acids is 1. The van der Waals surface area contributed by atoms with E-state index in [0.717, 1.165) is 24.9 Å². The van der Waals surface area contributed by atoms with Gasteiger partial charge in [0.05, 0.1) is 0 Å². The molecule has 0 amide bonds. The predicted octanol–water partition coefficient (Wildman–Crippen LogP) is 4.45. The van der Waals surface area contributed by atoms with Crippen LogP contribution in [-0.4, -0.2) is 31.3 Å². The Morgan fingerprint density at radius 3 is 2.00 bits per heavy atom. The summed E-state index contributed by atoms with van der Waals surface area (Å²) in [6, 6.07) is 5.25. The second-order valence-electron chi connectivity index (χ2n) is 3.61. The molecule has 0 fully saturated rings. The van der Waals surface area contributed by atoms with Gasteiger partial charge in [-0.15, -0.1) is 0 Å². The molecule has 0 aliphatic carbocycles. The highest BCUT2D eigenvalue weighted by Gasteiger charge is 1.95. The molecule has 0 spiro atoms. The van der Waals surface area contributed by atoms with E-state index in [4.69, 9.17) is 11.6 Å². The summed E-state index contributed by atoms with van der Waals surface area (Å²) in [5.41, 5.74) is 1.62. The maximum Gasteiger partial charge on any atom is 0.150 e. The van der Waals surface area contributed by atoms with Crippen LogP contribution in [-0.2, 0) is 0 Å².